The molecule has 0 bridgehead atoms. The summed E-state index contributed by atoms with van der Waals surface area (Å²) < 4.78 is 4.80. The minimum Gasteiger partial charge on any atom is -0.480 e. The topological polar surface area (TPSA) is 122 Å². The smallest absolute Gasteiger partial charge is 0.354 e. The zero-order valence-corrected chi connectivity index (χ0v) is 12.7. The second-order valence-corrected chi connectivity index (χ2v) is 4.97. The van der Waals surface area contributed by atoms with Crippen molar-refractivity contribution in [1.29, 1.82) is 0 Å². The first-order chi connectivity index (χ1) is 10.8. The molecule has 1 unspecified atom stereocenters. The average molecular weight is 342 g/mol. The van der Waals surface area contributed by atoms with Crippen molar-refractivity contribution in [3.8, 4) is 0 Å². The van der Waals surface area contributed by atoms with Gasteiger partial charge in [-0.2, -0.15) is 5.10 Å². The van der Waals surface area contributed by atoms with Crippen LogP contribution < -0.4 is 5.01 Å². The molecule has 1 heterocycles. The Morgan fingerprint density at radius 3 is 2.83 bits per heavy atom. The molecular weight excluding hydrogens is 330 g/mol. The van der Waals surface area contributed by atoms with E-state index in [2.05, 4.69) is 5.10 Å². The van der Waals surface area contributed by atoms with Crippen LogP contribution in [0, 0.1) is 10.1 Å². The summed E-state index contributed by atoms with van der Waals surface area (Å²) in [7, 11) is 0. The molecule has 0 aromatic heterocycles. The van der Waals surface area contributed by atoms with Crippen molar-refractivity contribution in [1.82, 2.24) is 0 Å². The fourth-order valence-corrected chi connectivity index (χ4v) is 2.26. The second-order valence-electron chi connectivity index (χ2n) is 4.56. The fourth-order valence-electron chi connectivity index (χ4n) is 2.05. The number of carbonyl (C=O) groups excluding carboxylic acids is 1. The van der Waals surface area contributed by atoms with E-state index in [9.17, 15) is 24.8 Å². The quantitative estimate of drug-likeness (QED) is 0.492. The van der Waals surface area contributed by atoms with E-state index in [1.54, 1.807) is 6.92 Å². The third-order valence-corrected chi connectivity index (χ3v) is 3.41. The molecular formula is C13H12ClN3O6. The van der Waals surface area contributed by atoms with Gasteiger partial charge in [0.2, 0.25) is 0 Å². The molecule has 0 radical (unpaired) electrons. The molecule has 1 atom stereocenters. The molecule has 1 aromatic carbocycles. The van der Waals surface area contributed by atoms with Gasteiger partial charge in [0.25, 0.3) is 5.69 Å². The van der Waals surface area contributed by atoms with Gasteiger partial charge in [-0.3, -0.25) is 10.1 Å². The number of rotatable bonds is 5. The summed E-state index contributed by atoms with van der Waals surface area (Å²) in [6, 6.07) is 2.36. The maximum absolute atomic E-state index is 11.7. The van der Waals surface area contributed by atoms with Gasteiger partial charge in [0, 0.05) is 18.6 Å². The molecule has 1 aliphatic rings. The number of anilines is 1. The highest BCUT2D eigenvalue weighted by molar-refractivity contribution is 6.38. The van der Waals surface area contributed by atoms with E-state index in [0.717, 1.165) is 11.1 Å². The van der Waals surface area contributed by atoms with Gasteiger partial charge in [-0.15, -0.1) is 0 Å². The van der Waals surface area contributed by atoms with Crippen LogP contribution in [0.3, 0.4) is 0 Å². The molecule has 0 amide bonds. The van der Waals surface area contributed by atoms with Crippen LogP contribution in [-0.2, 0) is 14.3 Å². The van der Waals surface area contributed by atoms with Gasteiger partial charge < -0.3 is 9.84 Å². The molecule has 1 aliphatic heterocycles. The number of aliphatic carboxylic acids is 1. The number of carboxylic acid groups (broad SMARTS) is 1. The first-order valence-electron chi connectivity index (χ1n) is 6.55. The Morgan fingerprint density at radius 2 is 2.26 bits per heavy atom. The largest absolute Gasteiger partial charge is 0.480 e. The second kappa shape index (κ2) is 6.61. The van der Waals surface area contributed by atoms with Crippen molar-refractivity contribution in [2.24, 2.45) is 5.10 Å². The maximum atomic E-state index is 11.7. The monoisotopic (exact) mass is 341 g/mol. The molecule has 9 nitrogen and oxygen atoms in total. The van der Waals surface area contributed by atoms with Gasteiger partial charge in [0.15, 0.2) is 6.04 Å². The number of nitrogens with zero attached hydrogens (tertiary/aromatic N) is 3. The van der Waals surface area contributed by atoms with Gasteiger partial charge in [0.1, 0.15) is 5.71 Å². The Balaban J connectivity index is 2.45. The fraction of sp³-hybridized carbons (Fsp3) is 0.308. The van der Waals surface area contributed by atoms with Crippen molar-refractivity contribution < 1.29 is 24.4 Å². The Kier molecular flexibility index (Phi) is 4.80. The standard InChI is InChI=1S/C13H12ClN3O6/c1-2-23-13(20)9-6-11(12(18)19)16(15-9)10-5-7(17(21)22)3-4-8(10)14/h3-5,11H,2,6H2,1H3,(H,18,19). The third-order valence-electron chi connectivity index (χ3n) is 3.09. The van der Waals surface area contributed by atoms with Crippen LogP contribution in [0.4, 0.5) is 11.4 Å². The molecule has 23 heavy (non-hydrogen) atoms. The minimum absolute atomic E-state index is 0.0348. The number of halogens is 1. The molecule has 0 fully saturated rings. The van der Waals surface area contributed by atoms with E-state index < -0.39 is 22.9 Å². The molecule has 1 aromatic rings. The maximum Gasteiger partial charge on any atom is 0.354 e. The number of hydrazone groups is 1. The summed E-state index contributed by atoms with van der Waals surface area (Å²) in [6.45, 7) is 1.73. The number of carbonyl (C=O) groups is 2. The highest BCUT2D eigenvalue weighted by Crippen LogP contribution is 2.34. The molecule has 0 aliphatic carbocycles. The van der Waals surface area contributed by atoms with Crippen LogP contribution in [0.5, 0.6) is 0 Å². The van der Waals surface area contributed by atoms with Crippen molar-refractivity contribution in [3.63, 3.8) is 0 Å². The Hall–Kier alpha value is -2.68. The molecule has 2 rings (SSSR count). The van der Waals surface area contributed by atoms with E-state index in [0.29, 0.717) is 0 Å². The van der Waals surface area contributed by atoms with Gasteiger partial charge in [0.05, 0.1) is 22.2 Å². The number of carboxylic acids is 1. The first-order valence-corrected chi connectivity index (χ1v) is 6.93. The first kappa shape index (κ1) is 16.7. The number of hydrogen-bond donors (Lipinski definition) is 1. The molecule has 0 saturated heterocycles. The van der Waals surface area contributed by atoms with E-state index in [1.807, 2.05) is 0 Å². The predicted molar refractivity (Wildman–Crippen MR) is 80.7 cm³/mol. The Bertz CT molecular complexity index is 705. The number of nitro benzene ring substituents is 1. The van der Waals surface area contributed by atoms with Crippen molar-refractivity contribution in [2.75, 3.05) is 11.6 Å². The normalized spacial score (nSPS) is 16.9. The highest BCUT2D eigenvalue weighted by Gasteiger charge is 2.38. The Labute approximate surface area is 135 Å². The molecule has 0 spiro atoms. The lowest BCUT2D eigenvalue weighted by Gasteiger charge is -2.20. The average Bonchev–Trinajstić information content (AvgIpc) is 2.93. The number of esters is 1. The predicted octanol–water partition coefficient (Wildman–Crippen LogP) is 1.83. The van der Waals surface area contributed by atoms with E-state index in [1.165, 1.54) is 12.1 Å². The number of hydrogen-bond acceptors (Lipinski definition) is 7. The number of nitro groups is 1. The lowest BCUT2D eigenvalue weighted by molar-refractivity contribution is -0.384. The van der Waals surface area contributed by atoms with Crippen LogP contribution in [0.15, 0.2) is 23.3 Å². The highest BCUT2D eigenvalue weighted by atomic mass is 35.5. The molecule has 1 N–H and O–H groups in total. The van der Waals surface area contributed by atoms with E-state index in [4.69, 9.17) is 16.3 Å². The van der Waals surface area contributed by atoms with Crippen LogP contribution in [-0.4, -0.2) is 40.3 Å². The third kappa shape index (κ3) is 3.39. The molecule has 122 valence electrons. The van der Waals surface area contributed by atoms with Gasteiger partial charge >= 0.3 is 11.9 Å². The van der Waals surface area contributed by atoms with Crippen molar-refractivity contribution >= 4 is 40.6 Å². The van der Waals surface area contributed by atoms with Crippen molar-refractivity contribution in [2.45, 2.75) is 19.4 Å². The minimum atomic E-state index is -1.24. The molecule has 0 saturated carbocycles. The van der Waals surface area contributed by atoms with Gasteiger partial charge in [-0.25, -0.2) is 14.6 Å². The zero-order valence-electron chi connectivity index (χ0n) is 11.9. The summed E-state index contributed by atoms with van der Waals surface area (Å²) >= 11 is 6.00. The Morgan fingerprint density at radius 1 is 1.57 bits per heavy atom. The van der Waals surface area contributed by atoms with Gasteiger partial charge in [-0.1, -0.05) is 11.6 Å². The van der Waals surface area contributed by atoms with Crippen LogP contribution in [0.2, 0.25) is 5.02 Å². The zero-order chi connectivity index (χ0) is 17.1. The summed E-state index contributed by atoms with van der Waals surface area (Å²) in [5.41, 5.74) is -0.317. The van der Waals surface area contributed by atoms with E-state index >= 15 is 0 Å². The van der Waals surface area contributed by atoms with E-state index in [-0.39, 0.29) is 35.1 Å². The van der Waals surface area contributed by atoms with Crippen molar-refractivity contribution in [3.05, 3.63) is 33.3 Å². The SMILES string of the molecule is CCOC(=O)C1=NN(c2cc([N+](=O)[O-])ccc2Cl)C(C(=O)O)C1. The number of non-ortho nitro benzene ring substituents is 1. The van der Waals surface area contributed by atoms with Crippen LogP contribution >= 0.6 is 11.6 Å². The summed E-state index contributed by atoms with van der Waals surface area (Å²) in [6.07, 6.45) is -0.187. The number of ether oxygens (including phenoxy) is 1. The summed E-state index contributed by atoms with van der Waals surface area (Å²) in [5.74, 6) is -1.97. The lowest BCUT2D eigenvalue weighted by Crippen LogP contribution is -2.34. The molecule has 10 heteroatoms. The van der Waals surface area contributed by atoms with Crippen LogP contribution in [0.1, 0.15) is 13.3 Å². The number of benzene rings is 1. The summed E-state index contributed by atoms with van der Waals surface area (Å²) in [5, 5.41) is 25.2. The lowest BCUT2D eigenvalue weighted by atomic mass is 10.1. The van der Waals surface area contributed by atoms with Crippen LogP contribution in [0.25, 0.3) is 0 Å². The summed E-state index contributed by atoms with van der Waals surface area (Å²) in [4.78, 5) is 33.4. The van der Waals surface area contributed by atoms with Gasteiger partial charge in [-0.05, 0) is 13.0 Å².